The Labute approximate surface area is 107 Å². The Morgan fingerprint density at radius 3 is 2.69 bits per heavy atom. The van der Waals surface area contributed by atoms with E-state index in [0.717, 1.165) is 12.3 Å². The minimum absolute atomic E-state index is 0.143. The van der Waals surface area contributed by atoms with Crippen LogP contribution in [-0.4, -0.2) is 9.13 Å². The third-order valence-corrected chi connectivity index (χ3v) is 3.73. The van der Waals surface area contributed by atoms with Gasteiger partial charge in [0.1, 0.15) is 0 Å². The molecule has 1 fully saturated rings. The smallest absolute Gasteiger partial charge is 0.300 e. The Bertz CT molecular complexity index is 500. The first-order chi connectivity index (χ1) is 7.63. The lowest BCUT2D eigenvalue weighted by atomic mass is 10.3. The van der Waals surface area contributed by atoms with Gasteiger partial charge in [-0.3, -0.25) is 13.9 Å². The van der Waals surface area contributed by atoms with E-state index in [2.05, 4.69) is 0 Å². The van der Waals surface area contributed by atoms with Crippen molar-refractivity contribution in [3.8, 4) is 0 Å². The molecule has 1 heterocycles. The monoisotopic (exact) mass is 334 g/mol. The molecule has 1 saturated carbocycles. The largest absolute Gasteiger partial charge is 0.331 e. The molecular weight excluding hydrogens is 319 g/mol. The van der Waals surface area contributed by atoms with Crippen molar-refractivity contribution in [3.05, 3.63) is 30.6 Å². The maximum Gasteiger partial charge on any atom is 0.331 e. The van der Waals surface area contributed by atoms with Crippen molar-refractivity contribution in [1.29, 1.82) is 0 Å². The molecule has 0 saturated heterocycles. The molecule has 0 bridgehead atoms. The lowest BCUT2D eigenvalue weighted by Crippen LogP contribution is -2.40. The molecule has 1 aromatic heterocycles. The van der Waals surface area contributed by atoms with E-state index in [0.29, 0.717) is 16.7 Å². The molecule has 0 aliphatic heterocycles. The summed E-state index contributed by atoms with van der Waals surface area (Å²) in [5.74, 6) is 0.735. The highest BCUT2D eigenvalue weighted by Gasteiger charge is 2.21. The molecular formula is C11H15IN2O2. The van der Waals surface area contributed by atoms with Crippen molar-refractivity contribution >= 4 is 22.6 Å². The second-order valence-corrected chi connectivity index (χ2v) is 5.40. The average molecular weight is 334 g/mol. The predicted molar refractivity (Wildman–Crippen MR) is 70.7 cm³/mol. The zero-order valence-electron chi connectivity index (χ0n) is 9.28. The number of rotatable bonds is 4. The van der Waals surface area contributed by atoms with Gasteiger partial charge in [0.05, 0.1) is 3.57 Å². The molecule has 0 N–H and O–H groups in total. The fraction of sp³-hybridized carbons (Fsp3) is 0.636. The molecule has 0 radical (unpaired) electrons. The first-order valence-electron chi connectivity index (χ1n) is 5.63. The van der Waals surface area contributed by atoms with Gasteiger partial charge in [-0.2, -0.15) is 0 Å². The highest BCUT2D eigenvalue weighted by molar-refractivity contribution is 14.1. The van der Waals surface area contributed by atoms with Crippen LogP contribution in [0.5, 0.6) is 0 Å². The van der Waals surface area contributed by atoms with Gasteiger partial charge in [-0.1, -0.05) is 12.8 Å². The number of nitrogens with zero attached hydrogens (tertiary/aromatic N) is 2. The zero-order valence-corrected chi connectivity index (χ0v) is 11.4. The summed E-state index contributed by atoms with van der Waals surface area (Å²) in [5, 5.41) is 0. The van der Waals surface area contributed by atoms with E-state index in [4.69, 9.17) is 0 Å². The van der Waals surface area contributed by atoms with Crippen LogP contribution >= 0.6 is 22.6 Å². The SMILES string of the molecule is CCn1cc(I)c(=O)n(CCC2CC2)c1=O. The van der Waals surface area contributed by atoms with Gasteiger partial charge in [-0.05, 0) is 41.9 Å². The Kier molecular flexibility index (Phi) is 3.51. The van der Waals surface area contributed by atoms with Crippen LogP contribution in [0.2, 0.25) is 0 Å². The molecule has 0 atom stereocenters. The van der Waals surface area contributed by atoms with Crippen LogP contribution in [0.25, 0.3) is 0 Å². The van der Waals surface area contributed by atoms with Crippen LogP contribution in [0.1, 0.15) is 26.2 Å². The fourth-order valence-electron chi connectivity index (χ4n) is 1.76. The molecule has 0 amide bonds. The third kappa shape index (κ3) is 2.39. The van der Waals surface area contributed by atoms with Gasteiger partial charge in [0.25, 0.3) is 5.56 Å². The Morgan fingerprint density at radius 2 is 2.12 bits per heavy atom. The summed E-state index contributed by atoms with van der Waals surface area (Å²) in [6, 6.07) is 0. The summed E-state index contributed by atoms with van der Waals surface area (Å²) in [6.07, 6.45) is 5.10. The topological polar surface area (TPSA) is 44.0 Å². The molecule has 1 aromatic rings. The van der Waals surface area contributed by atoms with E-state index < -0.39 is 0 Å². The van der Waals surface area contributed by atoms with E-state index in [9.17, 15) is 9.59 Å². The van der Waals surface area contributed by atoms with Gasteiger partial charge >= 0.3 is 5.69 Å². The minimum atomic E-state index is -0.173. The summed E-state index contributed by atoms with van der Waals surface area (Å²) in [7, 11) is 0. The van der Waals surface area contributed by atoms with Crippen LogP contribution in [-0.2, 0) is 13.1 Å². The van der Waals surface area contributed by atoms with E-state index in [-0.39, 0.29) is 11.2 Å². The molecule has 88 valence electrons. The van der Waals surface area contributed by atoms with Crippen LogP contribution in [0.3, 0.4) is 0 Å². The molecule has 16 heavy (non-hydrogen) atoms. The first-order valence-corrected chi connectivity index (χ1v) is 6.71. The molecule has 2 rings (SSSR count). The molecule has 5 heteroatoms. The van der Waals surface area contributed by atoms with Crippen molar-refractivity contribution in [2.75, 3.05) is 0 Å². The normalized spacial score (nSPS) is 15.4. The van der Waals surface area contributed by atoms with Gasteiger partial charge < -0.3 is 0 Å². The number of hydrogen-bond acceptors (Lipinski definition) is 2. The van der Waals surface area contributed by atoms with Gasteiger partial charge in [0, 0.05) is 19.3 Å². The summed E-state index contributed by atoms with van der Waals surface area (Å²) < 4.78 is 3.59. The Morgan fingerprint density at radius 1 is 1.44 bits per heavy atom. The van der Waals surface area contributed by atoms with Gasteiger partial charge in [0.2, 0.25) is 0 Å². The van der Waals surface area contributed by atoms with E-state index in [1.54, 1.807) is 10.8 Å². The third-order valence-electron chi connectivity index (χ3n) is 2.99. The maximum absolute atomic E-state index is 11.9. The minimum Gasteiger partial charge on any atom is -0.300 e. The number of halogens is 1. The van der Waals surface area contributed by atoms with Gasteiger partial charge in [-0.15, -0.1) is 0 Å². The predicted octanol–water partition coefficient (Wildman–Crippen LogP) is 1.43. The van der Waals surface area contributed by atoms with Crippen molar-refractivity contribution in [2.24, 2.45) is 5.92 Å². The average Bonchev–Trinajstić information content (AvgIpc) is 3.07. The molecule has 4 nitrogen and oxygen atoms in total. The fourth-order valence-corrected chi connectivity index (χ4v) is 2.39. The highest BCUT2D eigenvalue weighted by atomic mass is 127. The van der Waals surface area contributed by atoms with E-state index >= 15 is 0 Å². The van der Waals surface area contributed by atoms with Crippen molar-refractivity contribution in [2.45, 2.75) is 39.3 Å². The summed E-state index contributed by atoms with van der Waals surface area (Å²) in [4.78, 5) is 23.8. The number of aryl methyl sites for hydroxylation is 1. The first kappa shape index (κ1) is 11.9. The number of aromatic nitrogens is 2. The van der Waals surface area contributed by atoms with Crippen LogP contribution < -0.4 is 11.2 Å². The quantitative estimate of drug-likeness (QED) is 0.782. The van der Waals surface area contributed by atoms with Gasteiger partial charge in [0.15, 0.2) is 0 Å². The van der Waals surface area contributed by atoms with Crippen molar-refractivity contribution < 1.29 is 0 Å². The second kappa shape index (κ2) is 4.73. The lowest BCUT2D eigenvalue weighted by Gasteiger charge is -2.09. The second-order valence-electron chi connectivity index (χ2n) is 4.23. The molecule has 1 aliphatic carbocycles. The Hall–Kier alpha value is -0.590. The lowest BCUT2D eigenvalue weighted by molar-refractivity contribution is 0.520. The van der Waals surface area contributed by atoms with Crippen LogP contribution in [0, 0.1) is 9.49 Å². The zero-order chi connectivity index (χ0) is 11.7. The standard InChI is InChI=1S/C11H15IN2O2/c1-2-13-7-9(12)10(15)14(11(13)16)6-5-8-3-4-8/h7-8H,2-6H2,1H3. The molecule has 0 unspecified atom stereocenters. The highest BCUT2D eigenvalue weighted by Crippen LogP contribution is 2.32. The van der Waals surface area contributed by atoms with Gasteiger partial charge in [-0.25, -0.2) is 4.79 Å². The summed E-state index contributed by atoms with van der Waals surface area (Å²) in [5.41, 5.74) is -0.315. The molecule has 1 aliphatic rings. The van der Waals surface area contributed by atoms with Crippen LogP contribution in [0.15, 0.2) is 15.8 Å². The van der Waals surface area contributed by atoms with E-state index in [1.807, 2.05) is 29.5 Å². The molecule has 0 spiro atoms. The summed E-state index contributed by atoms with van der Waals surface area (Å²) in [6.45, 7) is 3.09. The molecule has 0 aromatic carbocycles. The van der Waals surface area contributed by atoms with Crippen molar-refractivity contribution in [3.63, 3.8) is 0 Å². The maximum atomic E-state index is 11.9. The van der Waals surface area contributed by atoms with E-state index in [1.165, 1.54) is 17.4 Å². The summed E-state index contributed by atoms with van der Waals surface area (Å²) >= 11 is 2.00. The van der Waals surface area contributed by atoms with Crippen LogP contribution in [0.4, 0.5) is 0 Å². The van der Waals surface area contributed by atoms with Crippen molar-refractivity contribution in [1.82, 2.24) is 9.13 Å². The Balaban J connectivity index is 2.36. The number of hydrogen-bond donors (Lipinski definition) is 0.